The second kappa shape index (κ2) is 8.97. The zero-order valence-electron chi connectivity index (χ0n) is 14.7. The number of benzene rings is 2. The number of rotatable bonds is 9. The van der Waals surface area contributed by atoms with Crippen LogP contribution in [0.5, 0.6) is 5.75 Å². The fourth-order valence-electron chi connectivity index (χ4n) is 3.06. The van der Waals surface area contributed by atoms with E-state index in [2.05, 4.69) is 0 Å². The molecule has 3 atom stereocenters. The maximum atomic E-state index is 13.8. The fourth-order valence-corrected chi connectivity index (χ4v) is 5.54. The molecule has 0 saturated heterocycles. The van der Waals surface area contributed by atoms with Gasteiger partial charge in [0.25, 0.3) is 7.37 Å². The van der Waals surface area contributed by atoms with Crippen LogP contribution in [0.2, 0.25) is 0 Å². The molecule has 27 heavy (non-hydrogen) atoms. The molecule has 0 fully saturated rings. The van der Waals surface area contributed by atoms with Gasteiger partial charge in [-0.25, -0.2) is 0 Å². The number of hydrogen-bond acceptors (Lipinski definition) is 7. The Balaban J connectivity index is 1.93. The molecule has 3 N–H and O–H groups in total. The molecule has 0 aromatic heterocycles. The van der Waals surface area contributed by atoms with E-state index in [0.29, 0.717) is 11.1 Å². The third-order valence-electron chi connectivity index (χ3n) is 4.24. The zero-order chi connectivity index (χ0) is 19.3. The standard InChI is InChI=1S/C19H23O7P/c20-9-11-24-17(19(22)25-12-10-21)13-27(23)18-8-4-2-6-15(18)14-5-1-3-7-16(14)26-27/h1-8,17,19-22H,9-13H2. The highest BCUT2D eigenvalue weighted by Crippen LogP contribution is 2.55. The lowest BCUT2D eigenvalue weighted by molar-refractivity contribution is -0.177. The van der Waals surface area contributed by atoms with Crippen LogP contribution in [0, 0.1) is 0 Å². The minimum absolute atomic E-state index is 0.0531. The van der Waals surface area contributed by atoms with Crippen molar-refractivity contribution >= 4 is 12.7 Å². The van der Waals surface area contributed by atoms with E-state index in [1.165, 1.54) is 0 Å². The molecular formula is C19H23O7P. The predicted octanol–water partition coefficient (Wildman–Crippen LogP) is 1.35. The zero-order valence-corrected chi connectivity index (χ0v) is 15.6. The lowest BCUT2D eigenvalue weighted by Crippen LogP contribution is -2.38. The van der Waals surface area contributed by atoms with Gasteiger partial charge in [-0.15, -0.1) is 0 Å². The Hall–Kier alpha value is -1.73. The SMILES string of the molecule is O=P1(CC(OCCO)C(O)OCCO)Oc2ccccc2-c2ccccc21. The van der Waals surface area contributed by atoms with Crippen LogP contribution in [0.15, 0.2) is 48.5 Å². The molecule has 0 bridgehead atoms. The molecule has 7 nitrogen and oxygen atoms in total. The van der Waals surface area contributed by atoms with Crippen LogP contribution in [-0.4, -0.2) is 60.3 Å². The van der Waals surface area contributed by atoms with Crippen LogP contribution in [0.4, 0.5) is 0 Å². The van der Waals surface area contributed by atoms with Crippen LogP contribution in [0.3, 0.4) is 0 Å². The van der Waals surface area contributed by atoms with Gasteiger partial charge >= 0.3 is 0 Å². The van der Waals surface area contributed by atoms with Crippen molar-refractivity contribution in [3.05, 3.63) is 48.5 Å². The van der Waals surface area contributed by atoms with Gasteiger partial charge in [0.1, 0.15) is 11.9 Å². The Labute approximate surface area is 157 Å². The summed E-state index contributed by atoms with van der Waals surface area (Å²) in [5.41, 5.74) is 1.67. The summed E-state index contributed by atoms with van der Waals surface area (Å²) in [5.74, 6) is 0.506. The first kappa shape index (κ1) is 20.0. The first-order valence-corrected chi connectivity index (χ1v) is 10.5. The summed E-state index contributed by atoms with van der Waals surface area (Å²) in [7, 11) is -3.43. The second-order valence-corrected chi connectivity index (χ2v) is 8.45. The molecule has 0 spiro atoms. The van der Waals surface area contributed by atoms with Crippen molar-refractivity contribution in [1.29, 1.82) is 0 Å². The normalized spacial score (nSPS) is 20.3. The number of fused-ring (bicyclic) bond motifs is 3. The van der Waals surface area contributed by atoms with Gasteiger partial charge in [0, 0.05) is 5.56 Å². The maximum Gasteiger partial charge on any atom is 0.280 e. The van der Waals surface area contributed by atoms with Gasteiger partial charge in [0.05, 0.1) is 37.9 Å². The van der Waals surface area contributed by atoms with Crippen LogP contribution < -0.4 is 9.83 Å². The smallest absolute Gasteiger partial charge is 0.280 e. The minimum atomic E-state index is -3.43. The van der Waals surface area contributed by atoms with Crippen molar-refractivity contribution in [2.75, 3.05) is 32.6 Å². The van der Waals surface area contributed by atoms with E-state index < -0.39 is 19.8 Å². The number of ether oxygens (including phenoxy) is 2. The molecule has 3 rings (SSSR count). The summed E-state index contributed by atoms with van der Waals surface area (Å²) < 4.78 is 30.3. The summed E-state index contributed by atoms with van der Waals surface area (Å²) in [6, 6.07) is 14.6. The average Bonchev–Trinajstić information content (AvgIpc) is 2.69. The van der Waals surface area contributed by atoms with Crippen molar-refractivity contribution in [3.8, 4) is 16.9 Å². The van der Waals surface area contributed by atoms with Crippen molar-refractivity contribution in [3.63, 3.8) is 0 Å². The van der Waals surface area contributed by atoms with Gasteiger partial charge in [-0.2, -0.15) is 0 Å². The van der Waals surface area contributed by atoms with Crippen LogP contribution in [0.1, 0.15) is 0 Å². The predicted molar refractivity (Wildman–Crippen MR) is 100 cm³/mol. The Morgan fingerprint density at radius 1 is 0.926 bits per heavy atom. The molecule has 0 radical (unpaired) electrons. The Morgan fingerprint density at radius 3 is 2.30 bits per heavy atom. The first-order valence-electron chi connectivity index (χ1n) is 8.69. The molecule has 1 aliphatic rings. The number of hydrogen-bond donors (Lipinski definition) is 3. The van der Waals surface area contributed by atoms with Crippen LogP contribution in [-0.2, 0) is 14.0 Å². The molecular weight excluding hydrogens is 371 g/mol. The average molecular weight is 394 g/mol. The molecule has 2 aromatic carbocycles. The van der Waals surface area contributed by atoms with Gasteiger partial charge < -0.3 is 29.3 Å². The fraction of sp³-hybridized carbons (Fsp3) is 0.368. The highest BCUT2D eigenvalue weighted by Gasteiger charge is 2.40. The largest absolute Gasteiger partial charge is 0.439 e. The topological polar surface area (TPSA) is 105 Å². The summed E-state index contributed by atoms with van der Waals surface area (Å²) in [6.45, 7) is -0.672. The van der Waals surface area contributed by atoms with E-state index in [1.807, 2.05) is 24.3 Å². The van der Waals surface area contributed by atoms with E-state index in [1.54, 1.807) is 24.3 Å². The Morgan fingerprint density at radius 2 is 1.56 bits per heavy atom. The number of aliphatic hydroxyl groups is 3. The highest BCUT2D eigenvalue weighted by molar-refractivity contribution is 7.67. The monoisotopic (exact) mass is 394 g/mol. The van der Waals surface area contributed by atoms with Gasteiger partial charge in [0.15, 0.2) is 6.29 Å². The first-order chi connectivity index (χ1) is 13.1. The molecule has 0 saturated carbocycles. The van der Waals surface area contributed by atoms with E-state index in [4.69, 9.17) is 24.2 Å². The summed E-state index contributed by atoms with van der Waals surface area (Å²) in [6.07, 6.45) is -2.54. The van der Waals surface area contributed by atoms with E-state index >= 15 is 0 Å². The van der Waals surface area contributed by atoms with Crippen molar-refractivity contribution in [1.82, 2.24) is 0 Å². The highest BCUT2D eigenvalue weighted by atomic mass is 31.2. The van der Waals surface area contributed by atoms with Gasteiger partial charge in [0.2, 0.25) is 0 Å². The third-order valence-corrected chi connectivity index (χ3v) is 6.69. The van der Waals surface area contributed by atoms with Crippen LogP contribution >= 0.6 is 7.37 Å². The molecule has 8 heteroatoms. The minimum Gasteiger partial charge on any atom is -0.439 e. The molecule has 0 aliphatic carbocycles. The molecule has 146 valence electrons. The molecule has 3 unspecified atom stereocenters. The van der Waals surface area contributed by atoms with Gasteiger partial charge in [-0.3, -0.25) is 4.57 Å². The Kier molecular flexibility index (Phi) is 6.65. The Bertz CT molecular complexity index is 810. The van der Waals surface area contributed by atoms with Crippen molar-refractivity contribution in [2.24, 2.45) is 0 Å². The molecule has 2 aromatic rings. The quantitative estimate of drug-likeness (QED) is 0.436. The van der Waals surface area contributed by atoms with E-state index in [9.17, 15) is 9.67 Å². The second-order valence-electron chi connectivity index (χ2n) is 6.08. The van der Waals surface area contributed by atoms with Gasteiger partial charge in [-0.05, 0) is 17.7 Å². The number of aliphatic hydroxyl groups excluding tert-OH is 3. The summed E-state index contributed by atoms with van der Waals surface area (Å²) in [5, 5.41) is 28.7. The summed E-state index contributed by atoms with van der Waals surface area (Å²) in [4.78, 5) is 0. The van der Waals surface area contributed by atoms with Crippen molar-refractivity contribution < 1.29 is 33.9 Å². The number of para-hydroxylation sites is 1. The lowest BCUT2D eigenvalue weighted by Gasteiger charge is -2.32. The third kappa shape index (κ3) is 4.41. The molecule has 0 amide bonds. The van der Waals surface area contributed by atoms with Crippen LogP contribution in [0.25, 0.3) is 11.1 Å². The summed E-state index contributed by atoms with van der Waals surface area (Å²) >= 11 is 0. The lowest BCUT2D eigenvalue weighted by atomic mass is 10.0. The van der Waals surface area contributed by atoms with E-state index in [-0.39, 0.29) is 32.6 Å². The van der Waals surface area contributed by atoms with Crippen molar-refractivity contribution in [2.45, 2.75) is 12.4 Å². The maximum absolute atomic E-state index is 13.8. The molecule has 1 heterocycles. The molecule has 1 aliphatic heterocycles. The van der Waals surface area contributed by atoms with Gasteiger partial charge in [-0.1, -0.05) is 36.4 Å². The van der Waals surface area contributed by atoms with E-state index in [0.717, 1.165) is 11.1 Å².